The summed E-state index contributed by atoms with van der Waals surface area (Å²) < 4.78 is 0. The van der Waals surface area contributed by atoms with E-state index in [2.05, 4.69) is 11.8 Å². The van der Waals surface area contributed by atoms with Crippen LogP contribution in [0.5, 0.6) is 0 Å². The van der Waals surface area contributed by atoms with Gasteiger partial charge in [-0.2, -0.15) is 0 Å². The largest absolute Gasteiger partial charge is 0.480 e. The summed E-state index contributed by atoms with van der Waals surface area (Å²) in [5, 5.41) is 8.89. The minimum absolute atomic E-state index is 0.639. The molecule has 0 aromatic rings. The van der Waals surface area contributed by atoms with Gasteiger partial charge in [0.15, 0.2) is 0 Å². The molecule has 0 rings (SSSR count). The molecule has 0 aliphatic heterocycles. The molecule has 0 heterocycles. The molecular weight excluding hydrogens is 152 g/mol. The molecule has 0 saturated heterocycles. The fourth-order valence-corrected chi connectivity index (χ4v) is 1.03. The summed E-state index contributed by atoms with van der Waals surface area (Å²) in [4.78, 5) is 10.8. The fraction of sp³-hybridized carbons (Fsp3) is 0.700. The third-order valence-electron chi connectivity index (χ3n) is 1.90. The van der Waals surface area contributed by atoms with E-state index in [4.69, 9.17) is 5.11 Å². The van der Waals surface area contributed by atoms with Gasteiger partial charge in [-0.25, -0.2) is 0 Å². The topological polar surface area (TPSA) is 37.3 Å². The maximum atomic E-state index is 10.8. The van der Waals surface area contributed by atoms with Crippen LogP contribution in [0.3, 0.4) is 0 Å². The van der Waals surface area contributed by atoms with Crippen LogP contribution in [0.1, 0.15) is 40.0 Å². The van der Waals surface area contributed by atoms with Gasteiger partial charge >= 0.3 is 5.97 Å². The van der Waals surface area contributed by atoms with E-state index in [1.807, 2.05) is 6.92 Å². The average molecular weight is 168 g/mol. The zero-order chi connectivity index (χ0) is 9.61. The van der Waals surface area contributed by atoms with Gasteiger partial charge in [0.2, 0.25) is 0 Å². The van der Waals surface area contributed by atoms with Crippen molar-refractivity contribution in [1.82, 2.24) is 0 Å². The molecule has 0 spiro atoms. The molecule has 0 amide bonds. The van der Waals surface area contributed by atoms with Crippen molar-refractivity contribution in [1.29, 1.82) is 0 Å². The predicted molar refractivity (Wildman–Crippen MR) is 48.7 cm³/mol. The van der Waals surface area contributed by atoms with Gasteiger partial charge in [-0.05, 0) is 20.3 Å². The average Bonchev–Trinajstić information content (AvgIpc) is 2.01. The summed E-state index contributed by atoms with van der Waals surface area (Å²) in [6.45, 7) is 5.40. The zero-order valence-corrected chi connectivity index (χ0v) is 7.98. The van der Waals surface area contributed by atoms with Gasteiger partial charge in [0.25, 0.3) is 0 Å². The van der Waals surface area contributed by atoms with Crippen LogP contribution in [0.2, 0.25) is 0 Å². The van der Waals surface area contributed by atoms with Crippen molar-refractivity contribution in [2.24, 2.45) is 5.41 Å². The van der Waals surface area contributed by atoms with E-state index >= 15 is 0 Å². The van der Waals surface area contributed by atoms with E-state index < -0.39 is 11.4 Å². The Morgan fingerprint density at radius 3 is 2.50 bits per heavy atom. The van der Waals surface area contributed by atoms with Gasteiger partial charge in [0.05, 0.1) is 0 Å². The van der Waals surface area contributed by atoms with Crippen LogP contribution in [0.15, 0.2) is 0 Å². The second-order valence-corrected chi connectivity index (χ2v) is 3.12. The third-order valence-corrected chi connectivity index (χ3v) is 1.90. The Morgan fingerprint density at radius 2 is 2.17 bits per heavy atom. The standard InChI is InChI=1S/C10H16O2/c1-4-6-8-10(3,7-5-2)9(11)12/h4,6,8H2,1-3H3,(H,11,12). The van der Waals surface area contributed by atoms with E-state index in [0.717, 1.165) is 12.8 Å². The number of carboxylic acid groups (broad SMARTS) is 1. The molecule has 0 aliphatic rings. The number of aliphatic carboxylic acids is 1. The lowest BCUT2D eigenvalue weighted by molar-refractivity contribution is -0.145. The molecule has 1 N–H and O–H groups in total. The molecule has 2 nitrogen and oxygen atoms in total. The Labute approximate surface area is 74.0 Å². The lowest BCUT2D eigenvalue weighted by atomic mass is 9.86. The Kier molecular flexibility index (Phi) is 4.43. The van der Waals surface area contributed by atoms with E-state index in [-0.39, 0.29) is 0 Å². The number of rotatable bonds is 4. The van der Waals surface area contributed by atoms with Crippen molar-refractivity contribution >= 4 is 5.97 Å². The SMILES string of the molecule is CC#CC(C)(CCCC)C(=O)O. The van der Waals surface area contributed by atoms with Gasteiger partial charge in [-0.15, -0.1) is 5.92 Å². The van der Waals surface area contributed by atoms with E-state index in [1.54, 1.807) is 13.8 Å². The second-order valence-electron chi connectivity index (χ2n) is 3.12. The summed E-state index contributed by atoms with van der Waals surface area (Å²) in [7, 11) is 0. The molecule has 0 radical (unpaired) electrons. The van der Waals surface area contributed by atoms with Crippen molar-refractivity contribution in [3.63, 3.8) is 0 Å². The van der Waals surface area contributed by atoms with Crippen LogP contribution in [-0.4, -0.2) is 11.1 Å². The highest BCUT2D eigenvalue weighted by Crippen LogP contribution is 2.23. The quantitative estimate of drug-likeness (QED) is 0.654. The first-order chi connectivity index (χ1) is 5.56. The third kappa shape index (κ3) is 2.96. The highest BCUT2D eigenvalue weighted by atomic mass is 16.4. The normalized spacial score (nSPS) is 14.2. The lowest BCUT2D eigenvalue weighted by Crippen LogP contribution is -2.25. The van der Waals surface area contributed by atoms with Gasteiger partial charge in [0, 0.05) is 0 Å². The molecule has 12 heavy (non-hydrogen) atoms. The lowest BCUT2D eigenvalue weighted by Gasteiger charge is -2.17. The Morgan fingerprint density at radius 1 is 1.58 bits per heavy atom. The van der Waals surface area contributed by atoms with Crippen LogP contribution in [0.4, 0.5) is 0 Å². The van der Waals surface area contributed by atoms with Crippen molar-refractivity contribution < 1.29 is 9.90 Å². The summed E-state index contributed by atoms with van der Waals surface area (Å²) in [6.07, 6.45) is 2.56. The van der Waals surface area contributed by atoms with Gasteiger partial charge in [-0.3, -0.25) is 4.79 Å². The Hall–Kier alpha value is -0.970. The van der Waals surface area contributed by atoms with Crippen molar-refractivity contribution in [2.45, 2.75) is 40.0 Å². The van der Waals surface area contributed by atoms with Crippen LogP contribution in [-0.2, 0) is 4.79 Å². The maximum absolute atomic E-state index is 10.8. The number of hydrogen-bond acceptors (Lipinski definition) is 1. The second kappa shape index (κ2) is 4.82. The Balaban J connectivity index is 4.36. The van der Waals surface area contributed by atoms with Crippen LogP contribution >= 0.6 is 0 Å². The summed E-state index contributed by atoms with van der Waals surface area (Å²) in [6, 6.07) is 0. The predicted octanol–water partition coefficient (Wildman–Crippen LogP) is 2.29. The monoisotopic (exact) mass is 168 g/mol. The highest BCUT2D eigenvalue weighted by Gasteiger charge is 2.29. The molecule has 0 aromatic carbocycles. The first-order valence-electron chi connectivity index (χ1n) is 4.24. The summed E-state index contributed by atoms with van der Waals surface area (Å²) in [5.74, 6) is 4.60. The van der Waals surface area contributed by atoms with Crippen LogP contribution in [0, 0.1) is 17.3 Å². The molecule has 2 heteroatoms. The number of carboxylic acids is 1. The van der Waals surface area contributed by atoms with Gasteiger partial charge in [-0.1, -0.05) is 25.7 Å². The van der Waals surface area contributed by atoms with Gasteiger partial charge < -0.3 is 5.11 Å². The molecule has 68 valence electrons. The molecule has 0 fully saturated rings. The van der Waals surface area contributed by atoms with Crippen LogP contribution in [0.25, 0.3) is 0 Å². The smallest absolute Gasteiger partial charge is 0.321 e. The molecule has 0 aliphatic carbocycles. The van der Waals surface area contributed by atoms with Crippen LogP contribution < -0.4 is 0 Å². The maximum Gasteiger partial charge on any atom is 0.321 e. The summed E-state index contributed by atoms with van der Waals surface area (Å²) >= 11 is 0. The number of carbonyl (C=O) groups is 1. The fourth-order valence-electron chi connectivity index (χ4n) is 1.03. The molecule has 0 bridgehead atoms. The van der Waals surface area contributed by atoms with Gasteiger partial charge in [0.1, 0.15) is 5.41 Å². The molecule has 0 aromatic heterocycles. The van der Waals surface area contributed by atoms with Crippen molar-refractivity contribution in [2.75, 3.05) is 0 Å². The number of hydrogen-bond donors (Lipinski definition) is 1. The van der Waals surface area contributed by atoms with Crippen molar-refractivity contribution in [3.05, 3.63) is 0 Å². The highest BCUT2D eigenvalue weighted by molar-refractivity contribution is 5.78. The Bertz CT molecular complexity index is 210. The molecule has 0 saturated carbocycles. The van der Waals surface area contributed by atoms with E-state index in [0.29, 0.717) is 6.42 Å². The zero-order valence-electron chi connectivity index (χ0n) is 7.98. The van der Waals surface area contributed by atoms with E-state index in [1.165, 1.54) is 0 Å². The number of unbranched alkanes of at least 4 members (excludes halogenated alkanes) is 1. The minimum Gasteiger partial charge on any atom is -0.480 e. The molecular formula is C10H16O2. The molecule has 1 unspecified atom stereocenters. The first-order valence-corrected chi connectivity index (χ1v) is 4.24. The first kappa shape index (κ1) is 11.0. The van der Waals surface area contributed by atoms with E-state index in [9.17, 15) is 4.79 Å². The molecule has 1 atom stereocenters. The summed E-state index contributed by atoms with van der Waals surface area (Å²) in [5.41, 5.74) is -0.842. The minimum atomic E-state index is -0.842. The van der Waals surface area contributed by atoms with Crippen molar-refractivity contribution in [3.8, 4) is 11.8 Å².